The quantitative estimate of drug-likeness (QED) is 0.363. The van der Waals surface area contributed by atoms with Crippen LogP contribution in [0.25, 0.3) is 22.1 Å². The number of aromatic hydroxyl groups is 2. The number of benzene rings is 3. The van der Waals surface area contributed by atoms with Gasteiger partial charge in [-0.1, -0.05) is 24.3 Å². The van der Waals surface area contributed by atoms with Crippen molar-refractivity contribution in [2.45, 2.75) is 12.3 Å². The number of hydrogen-bond acceptors (Lipinski definition) is 7. The number of methoxy groups -OCH3 is 1. The summed E-state index contributed by atoms with van der Waals surface area (Å²) in [6.07, 6.45) is 1.09. The number of phenolic OH excluding ortho intramolecular Hbond substituents is 2. The van der Waals surface area contributed by atoms with Crippen molar-refractivity contribution in [3.05, 3.63) is 93.8 Å². The van der Waals surface area contributed by atoms with Crippen LogP contribution in [-0.2, 0) is 9.53 Å². The van der Waals surface area contributed by atoms with Crippen molar-refractivity contribution < 1.29 is 34.1 Å². The maximum atomic E-state index is 13.3. The molecule has 0 radical (unpaired) electrons. The first-order chi connectivity index (χ1) is 16.3. The van der Waals surface area contributed by atoms with Crippen LogP contribution in [0.5, 0.6) is 11.5 Å². The van der Waals surface area contributed by atoms with Crippen LogP contribution in [0.15, 0.2) is 76.1 Å². The van der Waals surface area contributed by atoms with Crippen molar-refractivity contribution in [2.75, 3.05) is 7.11 Å². The molecule has 1 heterocycles. The number of rotatable bonds is 6. The van der Waals surface area contributed by atoms with Crippen molar-refractivity contribution in [1.82, 2.24) is 0 Å². The van der Waals surface area contributed by atoms with Gasteiger partial charge in [0.1, 0.15) is 23.3 Å². The average Bonchev–Trinajstić information content (AvgIpc) is 2.83. The summed E-state index contributed by atoms with van der Waals surface area (Å²) in [7, 11) is 1.24. The maximum Gasteiger partial charge on any atom is 0.335 e. The topological polar surface area (TPSA) is 134 Å². The highest BCUT2D eigenvalue weighted by Gasteiger charge is 2.27. The zero-order valence-corrected chi connectivity index (χ0v) is 18.0. The van der Waals surface area contributed by atoms with Crippen molar-refractivity contribution >= 4 is 22.9 Å². The zero-order chi connectivity index (χ0) is 24.4. The standard InChI is InChI=1S/C26H20O8/c1-33-22(29)12-19(14-2-4-16(5-3-14)26(31)32)23-21(28)11-10-18-24(30)20(13-34-25(18)23)15-6-8-17(27)9-7-15/h2-11,13,19,27-28H,12H2,1H3,(H,31,32). The molecule has 0 amide bonds. The van der Waals surface area contributed by atoms with E-state index in [4.69, 9.17) is 9.15 Å². The van der Waals surface area contributed by atoms with E-state index in [1.165, 1.54) is 61.9 Å². The summed E-state index contributed by atoms with van der Waals surface area (Å²) in [5.41, 5.74) is 1.35. The SMILES string of the molecule is COC(=O)CC(c1ccc(C(=O)O)cc1)c1c(O)ccc2c(=O)c(-c3ccc(O)cc3)coc12. The predicted molar refractivity (Wildman–Crippen MR) is 123 cm³/mol. The molecule has 0 fully saturated rings. The van der Waals surface area contributed by atoms with Gasteiger partial charge in [-0.3, -0.25) is 9.59 Å². The highest BCUT2D eigenvalue weighted by molar-refractivity contribution is 5.89. The number of hydrogen-bond donors (Lipinski definition) is 3. The lowest BCUT2D eigenvalue weighted by atomic mass is 9.86. The molecule has 1 aromatic heterocycles. The minimum atomic E-state index is -1.10. The van der Waals surface area contributed by atoms with E-state index in [0.29, 0.717) is 11.1 Å². The second-order valence-corrected chi connectivity index (χ2v) is 7.66. The monoisotopic (exact) mass is 460 g/mol. The Kier molecular flexibility index (Phi) is 6.05. The lowest BCUT2D eigenvalue weighted by molar-refractivity contribution is -0.140. The summed E-state index contributed by atoms with van der Waals surface area (Å²) in [5.74, 6) is -2.57. The molecule has 0 aliphatic carbocycles. The number of carbonyl (C=O) groups is 2. The molecule has 3 aromatic carbocycles. The molecule has 0 saturated heterocycles. The number of esters is 1. The van der Waals surface area contributed by atoms with E-state index in [2.05, 4.69) is 0 Å². The fourth-order valence-electron chi connectivity index (χ4n) is 3.88. The van der Waals surface area contributed by atoms with Crippen LogP contribution in [-0.4, -0.2) is 34.4 Å². The van der Waals surface area contributed by atoms with Crippen LogP contribution in [0.4, 0.5) is 0 Å². The highest BCUT2D eigenvalue weighted by atomic mass is 16.5. The highest BCUT2D eigenvalue weighted by Crippen LogP contribution is 2.39. The number of carbonyl (C=O) groups excluding carboxylic acids is 1. The van der Waals surface area contributed by atoms with E-state index in [1.54, 1.807) is 12.1 Å². The summed E-state index contributed by atoms with van der Waals surface area (Å²) in [6, 6.07) is 14.7. The maximum absolute atomic E-state index is 13.3. The second kappa shape index (κ2) is 9.11. The number of phenols is 2. The van der Waals surface area contributed by atoms with Gasteiger partial charge in [0.15, 0.2) is 0 Å². The van der Waals surface area contributed by atoms with Gasteiger partial charge in [-0.25, -0.2) is 4.79 Å². The molecule has 8 nitrogen and oxygen atoms in total. The fraction of sp³-hybridized carbons (Fsp3) is 0.115. The van der Waals surface area contributed by atoms with Crippen molar-refractivity contribution in [3.8, 4) is 22.6 Å². The van der Waals surface area contributed by atoms with E-state index < -0.39 is 17.9 Å². The van der Waals surface area contributed by atoms with Crippen LogP contribution in [0.2, 0.25) is 0 Å². The van der Waals surface area contributed by atoms with Crippen LogP contribution in [0.1, 0.15) is 33.8 Å². The van der Waals surface area contributed by atoms with Crippen molar-refractivity contribution in [1.29, 1.82) is 0 Å². The van der Waals surface area contributed by atoms with E-state index in [1.807, 2.05) is 0 Å². The molecule has 0 aliphatic heterocycles. The number of ether oxygens (including phenoxy) is 1. The first kappa shape index (κ1) is 22.6. The summed E-state index contributed by atoms with van der Waals surface area (Å²) < 4.78 is 10.7. The van der Waals surface area contributed by atoms with E-state index in [0.717, 1.165) is 0 Å². The van der Waals surface area contributed by atoms with Crippen LogP contribution >= 0.6 is 0 Å². The molecule has 0 bridgehead atoms. The van der Waals surface area contributed by atoms with Gasteiger partial charge in [0.2, 0.25) is 5.43 Å². The molecule has 1 atom stereocenters. The van der Waals surface area contributed by atoms with Gasteiger partial charge in [-0.15, -0.1) is 0 Å². The fourth-order valence-corrected chi connectivity index (χ4v) is 3.88. The van der Waals surface area contributed by atoms with E-state index in [-0.39, 0.29) is 51.0 Å². The third-order valence-corrected chi connectivity index (χ3v) is 5.64. The molecule has 0 aliphatic rings. The number of carboxylic acids is 1. The Labute approximate surface area is 193 Å². The van der Waals surface area contributed by atoms with E-state index >= 15 is 0 Å². The number of carboxylic acid groups (broad SMARTS) is 1. The van der Waals surface area contributed by atoms with Gasteiger partial charge in [0, 0.05) is 11.5 Å². The molecule has 34 heavy (non-hydrogen) atoms. The second-order valence-electron chi connectivity index (χ2n) is 7.66. The molecule has 0 saturated carbocycles. The van der Waals surface area contributed by atoms with Gasteiger partial charge in [0.25, 0.3) is 0 Å². The molecule has 4 aromatic rings. The van der Waals surface area contributed by atoms with Crippen molar-refractivity contribution in [2.24, 2.45) is 0 Å². The molecule has 1 unspecified atom stereocenters. The lowest BCUT2D eigenvalue weighted by Crippen LogP contribution is -2.13. The molecule has 4 rings (SSSR count). The normalized spacial score (nSPS) is 11.8. The Balaban J connectivity index is 1.91. The van der Waals surface area contributed by atoms with Crippen LogP contribution in [0, 0.1) is 0 Å². The van der Waals surface area contributed by atoms with Gasteiger partial charge in [-0.05, 0) is 47.5 Å². The van der Waals surface area contributed by atoms with Gasteiger partial charge < -0.3 is 24.5 Å². The summed E-state index contributed by atoms with van der Waals surface area (Å²) in [6.45, 7) is 0. The third-order valence-electron chi connectivity index (χ3n) is 5.64. The Morgan fingerprint density at radius 3 is 2.26 bits per heavy atom. The van der Waals surface area contributed by atoms with Crippen molar-refractivity contribution in [3.63, 3.8) is 0 Å². The largest absolute Gasteiger partial charge is 0.508 e. The van der Waals surface area contributed by atoms with Gasteiger partial charge >= 0.3 is 11.9 Å². The Bertz CT molecular complexity index is 1430. The first-order valence-electron chi connectivity index (χ1n) is 10.3. The summed E-state index contributed by atoms with van der Waals surface area (Å²) in [4.78, 5) is 36.7. The third kappa shape index (κ3) is 4.21. The number of aromatic carboxylic acids is 1. The molecule has 0 spiro atoms. The van der Waals surface area contributed by atoms with E-state index in [9.17, 15) is 29.7 Å². The Morgan fingerprint density at radius 2 is 1.65 bits per heavy atom. The minimum Gasteiger partial charge on any atom is -0.508 e. The Morgan fingerprint density at radius 1 is 0.971 bits per heavy atom. The Hall–Kier alpha value is -4.59. The van der Waals surface area contributed by atoms with Crippen LogP contribution in [0.3, 0.4) is 0 Å². The molecule has 8 heteroatoms. The number of fused-ring (bicyclic) bond motifs is 1. The zero-order valence-electron chi connectivity index (χ0n) is 18.0. The first-order valence-corrected chi connectivity index (χ1v) is 10.3. The average molecular weight is 460 g/mol. The molecular weight excluding hydrogens is 440 g/mol. The summed E-state index contributed by atoms with van der Waals surface area (Å²) >= 11 is 0. The molecule has 172 valence electrons. The van der Waals surface area contributed by atoms with Crippen LogP contribution < -0.4 is 5.43 Å². The molecular formula is C26H20O8. The predicted octanol–water partition coefficient (Wildman–Crippen LogP) is 4.26. The smallest absolute Gasteiger partial charge is 0.335 e. The minimum absolute atomic E-state index is 0.0562. The lowest BCUT2D eigenvalue weighted by Gasteiger charge is -2.19. The van der Waals surface area contributed by atoms with Gasteiger partial charge in [-0.2, -0.15) is 0 Å². The van der Waals surface area contributed by atoms with Gasteiger partial charge in [0.05, 0.1) is 30.0 Å². The summed E-state index contributed by atoms with van der Waals surface area (Å²) in [5, 5.41) is 29.6. The molecule has 3 N–H and O–H groups in total.